The third-order valence-electron chi connectivity index (χ3n) is 4.44. The monoisotopic (exact) mass is 318 g/mol. The molecule has 23 heavy (non-hydrogen) atoms. The van der Waals surface area contributed by atoms with E-state index in [0.717, 1.165) is 12.8 Å². The Morgan fingerprint density at radius 1 is 1.22 bits per heavy atom. The molecule has 6 nitrogen and oxygen atoms in total. The summed E-state index contributed by atoms with van der Waals surface area (Å²) in [4.78, 5) is 25.9. The van der Waals surface area contributed by atoms with Gasteiger partial charge in [-0.25, -0.2) is 0 Å². The topological polar surface area (TPSA) is 67.9 Å². The molecule has 2 aliphatic rings. The number of ether oxygens (including phenoxy) is 2. The number of rotatable bonds is 5. The summed E-state index contributed by atoms with van der Waals surface area (Å²) in [6.45, 7) is 2.78. The van der Waals surface area contributed by atoms with Crippen LogP contribution >= 0.6 is 0 Å². The van der Waals surface area contributed by atoms with E-state index in [1.165, 1.54) is 12.8 Å². The molecule has 1 N–H and O–H groups in total. The molecular formula is C17H22N2O4. The molecule has 124 valence electrons. The number of amides is 2. The highest BCUT2D eigenvalue weighted by Crippen LogP contribution is 2.32. The van der Waals surface area contributed by atoms with Gasteiger partial charge >= 0.3 is 0 Å². The number of benzene rings is 1. The van der Waals surface area contributed by atoms with E-state index in [2.05, 4.69) is 5.32 Å². The highest BCUT2D eigenvalue weighted by atomic mass is 16.7. The van der Waals surface area contributed by atoms with Crippen molar-refractivity contribution in [3.63, 3.8) is 0 Å². The van der Waals surface area contributed by atoms with E-state index in [1.54, 1.807) is 25.1 Å². The number of hydrogen-bond donors (Lipinski definition) is 1. The summed E-state index contributed by atoms with van der Waals surface area (Å²) < 4.78 is 10.5. The highest BCUT2D eigenvalue weighted by molar-refractivity contribution is 5.94. The molecule has 0 atom stereocenters. The van der Waals surface area contributed by atoms with Crippen molar-refractivity contribution in [2.45, 2.75) is 38.6 Å². The Labute approximate surface area is 135 Å². The lowest BCUT2D eigenvalue weighted by Crippen LogP contribution is -2.42. The second-order valence-electron chi connectivity index (χ2n) is 5.97. The van der Waals surface area contributed by atoms with E-state index in [-0.39, 0.29) is 18.6 Å². The first-order chi connectivity index (χ1) is 11.1. The van der Waals surface area contributed by atoms with Crippen molar-refractivity contribution in [3.05, 3.63) is 23.8 Å². The van der Waals surface area contributed by atoms with Gasteiger partial charge in [0.05, 0.1) is 0 Å². The Morgan fingerprint density at radius 3 is 2.70 bits per heavy atom. The van der Waals surface area contributed by atoms with Crippen molar-refractivity contribution >= 4 is 11.8 Å². The average molecular weight is 318 g/mol. The first kappa shape index (κ1) is 15.6. The van der Waals surface area contributed by atoms with E-state index < -0.39 is 0 Å². The predicted molar refractivity (Wildman–Crippen MR) is 84.5 cm³/mol. The summed E-state index contributed by atoms with van der Waals surface area (Å²) >= 11 is 0. The zero-order valence-corrected chi connectivity index (χ0v) is 13.3. The average Bonchev–Trinajstić information content (AvgIpc) is 3.21. The first-order valence-electron chi connectivity index (χ1n) is 8.10. The van der Waals surface area contributed by atoms with Gasteiger partial charge in [-0.1, -0.05) is 12.8 Å². The molecule has 1 fully saturated rings. The molecule has 1 aromatic rings. The quantitative estimate of drug-likeness (QED) is 0.901. The fourth-order valence-corrected chi connectivity index (χ4v) is 3.24. The summed E-state index contributed by atoms with van der Waals surface area (Å²) in [5.74, 6) is 1.16. The van der Waals surface area contributed by atoms with Crippen LogP contribution in [0.3, 0.4) is 0 Å². The molecule has 0 aromatic heterocycles. The lowest BCUT2D eigenvalue weighted by atomic mass is 10.2. The number of hydrogen-bond acceptors (Lipinski definition) is 4. The molecule has 1 heterocycles. The van der Waals surface area contributed by atoms with Crippen LogP contribution in [-0.4, -0.2) is 42.6 Å². The summed E-state index contributed by atoms with van der Waals surface area (Å²) in [6, 6.07) is 5.45. The summed E-state index contributed by atoms with van der Waals surface area (Å²) in [5, 5.41) is 2.87. The van der Waals surface area contributed by atoms with Gasteiger partial charge in [0.25, 0.3) is 5.91 Å². The van der Waals surface area contributed by atoms with Crippen molar-refractivity contribution in [1.29, 1.82) is 0 Å². The van der Waals surface area contributed by atoms with Gasteiger partial charge < -0.3 is 19.7 Å². The van der Waals surface area contributed by atoms with Crippen LogP contribution in [0.4, 0.5) is 0 Å². The number of carbonyl (C=O) groups excluding carboxylic acids is 2. The van der Waals surface area contributed by atoms with E-state index in [0.29, 0.717) is 36.2 Å². The summed E-state index contributed by atoms with van der Waals surface area (Å²) in [6.07, 6.45) is 4.49. The molecule has 0 spiro atoms. The SMILES string of the molecule is CC(=O)N(CCNC(=O)c1ccc2c(c1)OCO2)C1CCCC1. The minimum Gasteiger partial charge on any atom is -0.454 e. The third-order valence-corrected chi connectivity index (χ3v) is 4.44. The van der Waals surface area contributed by atoms with E-state index in [4.69, 9.17) is 9.47 Å². The largest absolute Gasteiger partial charge is 0.454 e. The minimum absolute atomic E-state index is 0.0780. The van der Waals surface area contributed by atoms with Crippen molar-refractivity contribution in [2.24, 2.45) is 0 Å². The normalized spacial score (nSPS) is 16.4. The van der Waals surface area contributed by atoms with Gasteiger partial charge in [-0.2, -0.15) is 0 Å². The Balaban J connectivity index is 1.53. The van der Waals surface area contributed by atoms with E-state index >= 15 is 0 Å². The van der Waals surface area contributed by atoms with Gasteiger partial charge in [0.1, 0.15) is 0 Å². The van der Waals surface area contributed by atoms with Gasteiger partial charge in [-0.15, -0.1) is 0 Å². The number of nitrogens with zero attached hydrogens (tertiary/aromatic N) is 1. The van der Waals surface area contributed by atoms with Crippen molar-refractivity contribution in [3.8, 4) is 11.5 Å². The maximum Gasteiger partial charge on any atom is 0.251 e. The molecule has 0 saturated heterocycles. The Hall–Kier alpha value is -2.24. The fraction of sp³-hybridized carbons (Fsp3) is 0.529. The van der Waals surface area contributed by atoms with Gasteiger partial charge in [-0.3, -0.25) is 9.59 Å². The lowest BCUT2D eigenvalue weighted by molar-refractivity contribution is -0.130. The molecule has 0 unspecified atom stereocenters. The van der Waals surface area contributed by atoms with Crippen molar-refractivity contribution < 1.29 is 19.1 Å². The Bertz CT molecular complexity index is 596. The van der Waals surface area contributed by atoms with Crippen LogP contribution in [0.25, 0.3) is 0 Å². The van der Waals surface area contributed by atoms with Crippen molar-refractivity contribution in [2.75, 3.05) is 19.9 Å². The first-order valence-corrected chi connectivity index (χ1v) is 8.10. The van der Waals surface area contributed by atoms with Crippen LogP contribution in [0.2, 0.25) is 0 Å². The standard InChI is InChI=1S/C17H22N2O4/c1-12(20)19(14-4-2-3-5-14)9-8-18-17(21)13-6-7-15-16(10-13)23-11-22-15/h6-7,10,14H,2-5,8-9,11H2,1H3,(H,18,21). The van der Waals surface area contributed by atoms with Crippen LogP contribution in [-0.2, 0) is 4.79 Å². The smallest absolute Gasteiger partial charge is 0.251 e. The highest BCUT2D eigenvalue weighted by Gasteiger charge is 2.24. The molecule has 0 radical (unpaired) electrons. The molecule has 1 aromatic carbocycles. The molecule has 0 bridgehead atoms. The molecular weight excluding hydrogens is 296 g/mol. The fourth-order valence-electron chi connectivity index (χ4n) is 3.24. The van der Waals surface area contributed by atoms with E-state index in [9.17, 15) is 9.59 Å². The Morgan fingerprint density at radius 2 is 1.96 bits per heavy atom. The third kappa shape index (κ3) is 3.57. The second-order valence-corrected chi connectivity index (χ2v) is 5.97. The molecule has 3 rings (SSSR count). The van der Waals surface area contributed by atoms with Gasteiger partial charge in [-0.05, 0) is 31.0 Å². The number of nitrogens with one attached hydrogen (secondary N) is 1. The second kappa shape index (κ2) is 6.89. The van der Waals surface area contributed by atoms with Crippen LogP contribution in [0, 0.1) is 0 Å². The summed E-state index contributed by atoms with van der Waals surface area (Å²) in [7, 11) is 0. The number of fused-ring (bicyclic) bond motifs is 1. The maximum atomic E-state index is 12.2. The molecule has 1 aliphatic carbocycles. The Kier molecular flexibility index (Phi) is 4.69. The van der Waals surface area contributed by atoms with Crippen LogP contribution in [0.15, 0.2) is 18.2 Å². The lowest BCUT2D eigenvalue weighted by Gasteiger charge is -2.27. The predicted octanol–water partition coefficient (Wildman–Crippen LogP) is 1.94. The van der Waals surface area contributed by atoms with Crippen LogP contribution in [0.1, 0.15) is 43.0 Å². The van der Waals surface area contributed by atoms with Gasteiger partial charge in [0.15, 0.2) is 11.5 Å². The zero-order chi connectivity index (χ0) is 16.2. The van der Waals surface area contributed by atoms with Crippen LogP contribution < -0.4 is 14.8 Å². The zero-order valence-electron chi connectivity index (χ0n) is 13.3. The van der Waals surface area contributed by atoms with Gasteiger partial charge in [0, 0.05) is 31.6 Å². The molecule has 6 heteroatoms. The molecule has 2 amide bonds. The van der Waals surface area contributed by atoms with E-state index in [1.807, 2.05) is 4.90 Å². The summed E-state index contributed by atoms with van der Waals surface area (Å²) in [5.41, 5.74) is 0.532. The maximum absolute atomic E-state index is 12.2. The molecule has 1 aliphatic heterocycles. The molecule has 1 saturated carbocycles. The van der Waals surface area contributed by atoms with Gasteiger partial charge in [0.2, 0.25) is 12.7 Å². The number of carbonyl (C=O) groups is 2. The minimum atomic E-state index is -0.168. The van der Waals surface area contributed by atoms with Crippen LogP contribution in [0.5, 0.6) is 11.5 Å². The van der Waals surface area contributed by atoms with Crippen molar-refractivity contribution in [1.82, 2.24) is 10.2 Å².